The number of aromatic nitrogens is 4. The number of nitrogens with zero attached hydrogens (tertiary/aromatic N) is 6. The van der Waals surface area contributed by atoms with E-state index in [2.05, 4.69) is 20.1 Å². The zero-order valence-electron chi connectivity index (χ0n) is 26.6. The predicted octanol–water partition coefficient (Wildman–Crippen LogP) is 4.64. The number of benzene rings is 1. The Morgan fingerprint density at radius 3 is 2.75 bits per heavy atom. The third-order valence-corrected chi connectivity index (χ3v) is 9.41. The van der Waals surface area contributed by atoms with Crippen molar-refractivity contribution in [2.45, 2.75) is 51.9 Å². The summed E-state index contributed by atoms with van der Waals surface area (Å²) < 4.78 is 48.5. The summed E-state index contributed by atoms with van der Waals surface area (Å²) in [5.74, 6) is 0.723. The zero-order valence-corrected chi connectivity index (χ0v) is 26.6. The number of aryl methyl sites for hydroxylation is 1. The molecule has 1 saturated heterocycles. The standard InChI is InChI=1S/C34H36F3N7O4/c1-3-26-30(41-11-12-42(27-16-22(27)17-41)31-28(45)5-4-10-38-31)32(47)44-18-25(21-8-13-48-14-9-21)40-33(44)43(26)19-29(46)39-24-7-6-23(15-20(24)2)34(35,36)37/h4-8,10,15,18,22,27,45H,3,9,11-14,16-17,19H2,1-2H3,(H,39,46). The van der Waals surface area contributed by atoms with Gasteiger partial charge in [-0.2, -0.15) is 13.2 Å². The molecule has 2 atom stereocenters. The number of pyridine rings is 1. The summed E-state index contributed by atoms with van der Waals surface area (Å²) in [5, 5.41) is 13.3. The van der Waals surface area contributed by atoms with Crippen LogP contribution in [0.15, 0.2) is 53.6 Å². The van der Waals surface area contributed by atoms with Gasteiger partial charge in [-0.05, 0) is 73.6 Å². The first-order chi connectivity index (χ1) is 23.0. The lowest BCUT2D eigenvalue weighted by molar-refractivity contribution is -0.137. The third-order valence-electron chi connectivity index (χ3n) is 9.41. The zero-order chi connectivity index (χ0) is 33.7. The normalized spacial score (nSPS) is 19.6. The van der Waals surface area contributed by atoms with E-state index in [1.807, 2.05) is 13.0 Å². The van der Waals surface area contributed by atoms with Crippen molar-refractivity contribution in [3.05, 3.63) is 81.7 Å². The van der Waals surface area contributed by atoms with E-state index in [1.54, 1.807) is 29.1 Å². The van der Waals surface area contributed by atoms with Crippen LogP contribution in [0.2, 0.25) is 0 Å². The van der Waals surface area contributed by atoms with E-state index in [1.165, 1.54) is 17.4 Å². The van der Waals surface area contributed by atoms with Crippen molar-refractivity contribution in [1.29, 1.82) is 0 Å². The first-order valence-corrected chi connectivity index (χ1v) is 16.1. The summed E-state index contributed by atoms with van der Waals surface area (Å²) >= 11 is 0. The summed E-state index contributed by atoms with van der Waals surface area (Å²) in [6, 6.07) is 6.68. The number of alkyl halides is 3. The van der Waals surface area contributed by atoms with Gasteiger partial charge in [0.25, 0.3) is 5.56 Å². The number of halogens is 3. The van der Waals surface area contributed by atoms with Crippen molar-refractivity contribution in [2.24, 2.45) is 5.92 Å². The maximum Gasteiger partial charge on any atom is 0.416 e. The second kappa shape index (κ2) is 12.3. The number of amides is 1. The Labute approximate surface area is 274 Å². The van der Waals surface area contributed by atoms with Gasteiger partial charge in [-0.25, -0.2) is 14.4 Å². The van der Waals surface area contributed by atoms with Crippen LogP contribution in [0.3, 0.4) is 0 Å². The highest BCUT2D eigenvalue weighted by Gasteiger charge is 2.46. The summed E-state index contributed by atoms with van der Waals surface area (Å²) in [5.41, 5.74) is 2.19. The highest BCUT2D eigenvalue weighted by Crippen LogP contribution is 2.43. The molecule has 2 fully saturated rings. The molecule has 3 aliphatic rings. The van der Waals surface area contributed by atoms with Gasteiger partial charge >= 0.3 is 6.18 Å². The van der Waals surface area contributed by atoms with E-state index in [4.69, 9.17) is 9.72 Å². The quantitative estimate of drug-likeness (QED) is 0.294. The SMILES string of the molecule is CCc1c(N2CCN(c3ncccc3O)C3CC3C2)c(=O)n2cc(C3=CCOCC3)nc2n1CC(=O)Nc1ccc(C(F)(F)F)cc1C. The number of rotatable bonds is 7. The molecule has 1 aromatic carbocycles. The van der Waals surface area contributed by atoms with Gasteiger partial charge in [0, 0.05) is 43.8 Å². The molecule has 7 rings (SSSR count). The molecule has 2 unspecified atom stereocenters. The molecule has 5 heterocycles. The van der Waals surface area contributed by atoms with Crippen LogP contribution < -0.4 is 20.7 Å². The number of fused-ring (bicyclic) bond motifs is 2. The van der Waals surface area contributed by atoms with Crippen molar-refractivity contribution in [3.63, 3.8) is 0 Å². The van der Waals surface area contributed by atoms with Crippen molar-refractivity contribution < 1.29 is 27.8 Å². The molecule has 0 radical (unpaired) electrons. The Morgan fingerprint density at radius 1 is 1.21 bits per heavy atom. The molecule has 1 amide bonds. The fraction of sp³-hybridized carbons (Fsp3) is 0.412. The van der Waals surface area contributed by atoms with Crippen molar-refractivity contribution in [1.82, 2.24) is 18.9 Å². The van der Waals surface area contributed by atoms with Crippen LogP contribution in [0.25, 0.3) is 11.4 Å². The molecular weight excluding hydrogens is 627 g/mol. The number of carbonyl (C=O) groups excluding carboxylic acids is 1. The lowest BCUT2D eigenvalue weighted by atomic mass is 10.1. The average Bonchev–Trinajstić information content (AvgIpc) is 3.71. The molecule has 0 spiro atoms. The molecule has 4 aromatic rings. The van der Waals surface area contributed by atoms with Crippen LogP contribution >= 0.6 is 0 Å². The number of hydrogen-bond donors (Lipinski definition) is 2. The summed E-state index contributed by atoms with van der Waals surface area (Å²) in [6.07, 6.45) is 2.74. The largest absolute Gasteiger partial charge is 0.504 e. The van der Waals surface area contributed by atoms with Crippen molar-refractivity contribution >= 4 is 34.5 Å². The number of anilines is 3. The van der Waals surface area contributed by atoms with Crippen LogP contribution in [0, 0.1) is 12.8 Å². The summed E-state index contributed by atoms with van der Waals surface area (Å²) in [4.78, 5) is 41.5. The van der Waals surface area contributed by atoms with Gasteiger partial charge in [0.05, 0.1) is 30.2 Å². The van der Waals surface area contributed by atoms with Crippen LogP contribution in [0.5, 0.6) is 5.75 Å². The van der Waals surface area contributed by atoms with Crippen LogP contribution in [0.4, 0.5) is 30.4 Å². The van der Waals surface area contributed by atoms with Crippen molar-refractivity contribution in [3.8, 4) is 5.75 Å². The first kappa shape index (κ1) is 31.7. The monoisotopic (exact) mass is 663 g/mol. The smallest absolute Gasteiger partial charge is 0.416 e. The lowest BCUT2D eigenvalue weighted by Crippen LogP contribution is -2.39. The second-order valence-corrected chi connectivity index (χ2v) is 12.5. The molecular formula is C34H36F3N7O4. The highest BCUT2D eigenvalue weighted by atomic mass is 19.4. The molecule has 1 aliphatic carbocycles. The lowest BCUT2D eigenvalue weighted by Gasteiger charge is -2.29. The summed E-state index contributed by atoms with van der Waals surface area (Å²) in [6.45, 7) is 5.81. The van der Waals surface area contributed by atoms with E-state index in [9.17, 15) is 27.9 Å². The first-order valence-electron chi connectivity index (χ1n) is 16.1. The van der Waals surface area contributed by atoms with Crippen LogP contribution in [-0.2, 0) is 28.7 Å². The third kappa shape index (κ3) is 5.89. The Morgan fingerprint density at radius 2 is 2.04 bits per heavy atom. The second-order valence-electron chi connectivity index (χ2n) is 12.5. The molecule has 3 aromatic heterocycles. The maximum atomic E-state index is 14.4. The van der Waals surface area contributed by atoms with Gasteiger partial charge in [-0.15, -0.1) is 0 Å². The Bertz CT molecular complexity index is 1990. The van der Waals surface area contributed by atoms with Gasteiger partial charge < -0.3 is 29.5 Å². The van der Waals surface area contributed by atoms with E-state index in [0.717, 1.165) is 24.1 Å². The minimum Gasteiger partial charge on any atom is -0.504 e. The molecule has 11 nitrogen and oxygen atoms in total. The number of nitrogens with one attached hydrogen (secondary N) is 1. The topological polar surface area (TPSA) is 117 Å². The Hall–Kier alpha value is -4.85. The summed E-state index contributed by atoms with van der Waals surface area (Å²) in [7, 11) is 0. The highest BCUT2D eigenvalue weighted by molar-refractivity contribution is 5.91. The van der Waals surface area contributed by atoms with E-state index in [-0.39, 0.29) is 41.1 Å². The molecule has 48 heavy (non-hydrogen) atoms. The van der Waals surface area contributed by atoms with Gasteiger partial charge in [-0.1, -0.05) is 13.0 Å². The van der Waals surface area contributed by atoms with Gasteiger partial charge in [0.2, 0.25) is 11.7 Å². The average molecular weight is 664 g/mol. The number of ether oxygens (including phenoxy) is 1. The molecule has 1 saturated carbocycles. The molecule has 252 valence electrons. The van der Waals surface area contributed by atoms with Gasteiger partial charge in [-0.3, -0.25) is 9.59 Å². The molecule has 0 bridgehead atoms. The van der Waals surface area contributed by atoms with Gasteiger partial charge in [0.1, 0.15) is 12.2 Å². The molecule has 14 heteroatoms. The predicted molar refractivity (Wildman–Crippen MR) is 174 cm³/mol. The minimum atomic E-state index is -4.50. The number of imidazole rings is 1. The van der Waals surface area contributed by atoms with E-state index >= 15 is 0 Å². The van der Waals surface area contributed by atoms with Gasteiger partial charge in [0.15, 0.2) is 11.6 Å². The fourth-order valence-electron chi connectivity index (χ4n) is 6.92. The van der Waals surface area contributed by atoms with E-state index in [0.29, 0.717) is 74.4 Å². The van der Waals surface area contributed by atoms with Crippen LogP contribution in [-0.4, -0.2) is 68.8 Å². The Kier molecular flexibility index (Phi) is 8.14. The number of hydrogen-bond acceptors (Lipinski definition) is 8. The number of carbonyl (C=O) groups is 1. The van der Waals surface area contributed by atoms with E-state index < -0.39 is 17.6 Å². The molecule has 2 aliphatic heterocycles. The maximum absolute atomic E-state index is 14.4. The minimum absolute atomic E-state index is 0.109. The molecule has 2 N–H and O–H groups in total. The van der Waals surface area contributed by atoms with Crippen molar-refractivity contribution in [2.75, 3.05) is 48.0 Å². The number of aromatic hydroxyl groups is 1. The fourth-order valence-corrected chi connectivity index (χ4v) is 6.92. The Balaban J connectivity index is 1.28. The van der Waals surface area contributed by atoms with Crippen LogP contribution in [0.1, 0.15) is 42.3 Å².